The van der Waals surface area contributed by atoms with Gasteiger partial charge < -0.3 is 14.8 Å². The van der Waals surface area contributed by atoms with Crippen LogP contribution in [0.2, 0.25) is 5.02 Å². The van der Waals surface area contributed by atoms with E-state index in [4.69, 9.17) is 21.1 Å². The molecule has 0 saturated heterocycles. The van der Waals surface area contributed by atoms with Gasteiger partial charge in [-0.3, -0.25) is 18.2 Å². The van der Waals surface area contributed by atoms with Gasteiger partial charge in [0.25, 0.3) is 10.0 Å². The van der Waals surface area contributed by atoms with E-state index in [1.165, 1.54) is 65.8 Å². The van der Waals surface area contributed by atoms with E-state index in [-0.39, 0.29) is 22.0 Å². The Morgan fingerprint density at radius 2 is 1.57 bits per heavy atom. The first-order chi connectivity index (χ1) is 17.6. The molecule has 0 unspecified atom stereocenters. The third-order valence-electron chi connectivity index (χ3n) is 5.90. The number of amides is 1. The molecule has 0 saturated carbocycles. The van der Waals surface area contributed by atoms with Crippen LogP contribution in [0.25, 0.3) is 11.0 Å². The van der Waals surface area contributed by atoms with Crippen molar-refractivity contribution in [1.29, 1.82) is 0 Å². The molecule has 194 valence electrons. The molecule has 0 spiro atoms. The van der Waals surface area contributed by atoms with E-state index in [0.717, 1.165) is 4.31 Å². The van der Waals surface area contributed by atoms with Crippen LogP contribution in [0, 0.1) is 0 Å². The quantitative estimate of drug-likeness (QED) is 0.364. The fourth-order valence-electron chi connectivity index (χ4n) is 3.94. The van der Waals surface area contributed by atoms with Crippen LogP contribution >= 0.6 is 11.6 Å². The summed E-state index contributed by atoms with van der Waals surface area (Å²) >= 11 is 6.00. The Labute approximate surface area is 218 Å². The number of hydrogen-bond acceptors (Lipinski definition) is 6. The first-order valence-electron chi connectivity index (χ1n) is 11.0. The van der Waals surface area contributed by atoms with Crippen LogP contribution in [0.4, 0.5) is 11.4 Å². The van der Waals surface area contributed by atoms with Crippen molar-refractivity contribution in [3.8, 4) is 11.5 Å². The van der Waals surface area contributed by atoms with Gasteiger partial charge in [0.1, 0.15) is 6.54 Å². The number of benzene rings is 3. The smallest absolute Gasteiger partial charge is 0.328 e. The topological polar surface area (TPSA) is 112 Å². The second-order valence-corrected chi connectivity index (χ2v) is 10.5. The van der Waals surface area contributed by atoms with Crippen LogP contribution in [0.15, 0.2) is 70.4 Å². The number of hydrogen-bond donors (Lipinski definition) is 1. The van der Waals surface area contributed by atoms with Crippen LogP contribution in [0.1, 0.15) is 0 Å². The molecule has 0 aliphatic carbocycles. The fraction of sp³-hybridized carbons (Fsp3) is 0.200. The lowest BCUT2D eigenvalue weighted by molar-refractivity contribution is -0.114. The number of halogens is 1. The first kappa shape index (κ1) is 26.1. The SMILES string of the molecule is COc1ccc(S(=O)(=O)N(CC(=O)Nc2ccc3c(c2)n(C)c(=O)n3C)c2ccc(Cl)cc2)cc1OC. The van der Waals surface area contributed by atoms with Gasteiger partial charge in [-0.05, 0) is 54.6 Å². The van der Waals surface area contributed by atoms with Gasteiger partial charge in [-0.25, -0.2) is 13.2 Å². The number of carbonyl (C=O) groups is 1. The van der Waals surface area contributed by atoms with Crippen LogP contribution in [0.5, 0.6) is 11.5 Å². The van der Waals surface area contributed by atoms with E-state index >= 15 is 0 Å². The predicted molar refractivity (Wildman–Crippen MR) is 142 cm³/mol. The van der Waals surface area contributed by atoms with Crippen LogP contribution < -0.4 is 24.8 Å². The molecule has 1 aromatic heterocycles. The summed E-state index contributed by atoms with van der Waals surface area (Å²) in [5.74, 6) is 0.00748. The van der Waals surface area contributed by atoms with E-state index in [1.807, 2.05) is 0 Å². The van der Waals surface area contributed by atoms with Gasteiger partial charge in [-0.1, -0.05) is 11.6 Å². The highest BCUT2D eigenvalue weighted by molar-refractivity contribution is 7.92. The number of nitrogens with zero attached hydrogens (tertiary/aromatic N) is 3. The average Bonchev–Trinajstić information content (AvgIpc) is 3.10. The number of methoxy groups -OCH3 is 2. The van der Waals surface area contributed by atoms with Crippen molar-refractivity contribution in [2.24, 2.45) is 14.1 Å². The summed E-state index contributed by atoms with van der Waals surface area (Å²) in [4.78, 5) is 25.2. The summed E-state index contributed by atoms with van der Waals surface area (Å²) in [6.45, 7) is -0.524. The predicted octanol–water partition coefficient (Wildman–Crippen LogP) is 3.38. The zero-order chi connectivity index (χ0) is 26.9. The molecule has 0 aliphatic rings. The van der Waals surface area contributed by atoms with Crippen LogP contribution in [-0.4, -0.2) is 44.2 Å². The summed E-state index contributed by atoms with van der Waals surface area (Å²) in [7, 11) is 1.93. The number of rotatable bonds is 8. The van der Waals surface area contributed by atoms with Crippen molar-refractivity contribution in [3.63, 3.8) is 0 Å². The molecule has 1 heterocycles. The number of sulfonamides is 1. The maximum Gasteiger partial charge on any atom is 0.328 e. The minimum absolute atomic E-state index is 0.0893. The monoisotopic (exact) mass is 544 g/mol. The van der Waals surface area contributed by atoms with Gasteiger partial charge >= 0.3 is 5.69 Å². The zero-order valence-electron chi connectivity index (χ0n) is 20.6. The second kappa shape index (κ2) is 10.2. The molecule has 1 amide bonds. The van der Waals surface area contributed by atoms with E-state index in [2.05, 4.69) is 5.32 Å². The molecule has 10 nitrogen and oxygen atoms in total. The number of carbonyl (C=O) groups excluding carboxylic acids is 1. The van der Waals surface area contributed by atoms with Gasteiger partial charge in [0, 0.05) is 30.9 Å². The summed E-state index contributed by atoms with van der Waals surface area (Å²) < 4.78 is 41.8. The number of imidazole rings is 1. The molecule has 12 heteroatoms. The Bertz CT molecular complexity index is 1640. The van der Waals surface area contributed by atoms with Crippen molar-refractivity contribution >= 4 is 49.9 Å². The highest BCUT2D eigenvalue weighted by atomic mass is 35.5. The van der Waals surface area contributed by atoms with E-state index in [0.29, 0.717) is 27.5 Å². The maximum atomic E-state index is 13.7. The summed E-state index contributed by atoms with van der Waals surface area (Å²) in [6, 6.07) is 15.3. The summed E-state index contributed by atoms with van der Waals surface area (Å²) in [5.41, 5.74) is 1.78. The normalized spacial score (nSPS) is 11.4. The standard InChI is InChI=1S/C25H25ClN4O6S/c1-28-20-11-7-17(13-21(20)29(2)25(28)32)27-24(31)15-30(18-8-5-16(26)6-9-18)37(33,34)19-10-12-22(35-3)23(14-19)36-4/h5-14H,15H2,1-4H3,(H,27,31). The van der Waals surface area contributed by atoms with Crippen molar-refractivity contribution in [2.75, 3.05) is 30.4 Å². The number of ether oxygens (including phenoxy) is 2. The number of aromatic nitrogens is 2. The number of anilines is 2. The molecule has 37 heavy (non-hydrogen) atoms. The molecule has 4 aromatic rings. The molecule has 0 radical (unpaired) electrons. The minimum Gasteiger partial charge on any atom is -0.493 e. The molecular weight excluding hydrogens is 520 g/mol. The third kappa shape index (κ3) is 5.00. The van der Waals surface area contributed by atoms with E-state index < -0.39 is 22.5 Å². The van der Waals surface area contributed by atoms with Gasteiger partial charge in [-0.15, -0.1) is 0 Å². The largest absolute Gasteiger partial charge is 0.493 e. The highest BCUT2D eigenvalue weighted by Crippen LogP contribution is 2.32. The molecule has 4 rings (SSSR count). The van der Waals surface area contributed by atoms with E-state index in [9.17, 15) is 18.0 Å². The second-order valence-electron chi connectivity index (χ2n) is 8.16. The van der Waals surface area contributed by atoms with Crippen molar-refractivity contribution < 1.29 is 22.7 Å². The minimum atomic E-state index is -4.21. The van der Waals surface area contributed by atoms with Crippen molar-refractivity contribution in [1.82, 2.24) is 9.13 Å². The molecule has 0 atom stereocenters. The third-order valence-corrected chi connectivity index (χ3v) is 7.92. The Hall–Kier alpha value is -3.96. The van der Waals surface area contributed by atoms with Gasteiger partial charge in [0.05, 0.1) is 35.8 Å². The van der Waals surface area contributed by atoms with Crippen LogP contribution in [0.3, 0.4) is 0 Å². The van der Waals surface area contributed by atoms with Crippen LogP contribution in [-0.2, 0) is 28.9 Å². The maximum absolute atomic E-state index is 13.7. The molecule has 0 bridgehead atoms. The number of aryl methyl sites for hydroxylation is 2. The van der Waals surface area contributed by atoms with Gasteiger partial charge in [0.2, 0.25) is 5.91 Å². The molecule has 3 aromatic carbocycles. The van der Waals surface area contributed by atoms with Crippen molar-refractivity contribution in [2.45, 2.75) is 4.90 Å². The lowest BCUT2D eigenvalue weighted by Gasteiger charge is -2.24. The Kier molecular flexibility index (Phi) is 7.19. The van der Waals surface area contributed by atoms with Crippen molar-refractivity contribution in [3.05, 3.63) is 76.2 Å². The Balaban J connectivity index is 1.69. The summed E-state index contributed by atoms with van der Waals surface area (Å²) in [6.07, 6.45) is 0. The zero-order valence-corrected chi connectivity index (χ0v) is 22.1. The lowest BCUT2D eigenvalue weighted by atomic mass is 10.2. The number of nitrogens with one attached hydrogen (secondary N) is 1. The fourth-order valence-corrected chi connectivity index (χ4v) is 5.51. The molecule has 1 N–H and O–H groups in total. The first-order valence-corrected chi connectivity index (χ1v) is 12.8. The highest BCUT2D eigenvalue weighted by Gasteiger charge is 2.28. The Morgan fingerprint density at radius 1 is 0.919 bits per heavy atom. The van der Waals surface area contributed by atoms with E-state index in [1.54, 1.807) is 32.3 Å². The Morgan fingerprint density at radius 3 is 2.22 bits per heavy atom. The summed E-state index contributed by atoms with van der Waals surface area (Å²) in [5, 5.41) is 3.14. The van der Waals surface area contributed by atoms with Gasteiger partial charge in [-0.2, -0.15) is 0 Å². The molecule has 0 fully saturated rings. The molecule has 0 aliphatic heterocycles. The molecular formula is C25H25ClN4O6S. The van der Waals surface area contributed by atoms with Gasteiger partial charge in [0.15, 0.2) is 11.5 Å². The lowest BCUT2D eigenvalue weighted by Crippen LogP contribution is -2.38. The average molecular weight is 545 g/mol. The number of fused-ring (bicyclic) bond motifs is 1.